The van der Waals surface area contributed by atoms with Crippen molar-refractivity contribution in [2.75, 3.05) is 20.1 Å². The summed E-state index contributed by atoms with van der Waals surface area (Å²) < 4.78 is 0. The molecule has 0 radical (unpaired) electrons. The van der Waals surface area contributed by atoms with Crippen LogP contribution in [0.2, 0.25) is 5.15 Å². The molecular weight excluding hydrogens is 477 g/mol. The van der Waals surface area contributed by atoms with Gasteiger partial charge in [0, 0.05) is 38.4 Å². The first-order chi connectivity index (χ1) is 12.6. The summed E-state index contributed by atoms with van der Waals surface area (Å²) in [4.78, 5) is 20.2. The normalized spacial score (nSPS) is 10.7. The summed E-state index contributed by atoms with van der Waals surface area (Å²) in [5.74, 6) is 0.642. The number of rotatable bonds is 7. The van der Waals surface area contributed by atoms with Crippen LogP contribution in [0.15, 0.2) is 47.6 Å². The Morgan fingerprint density at radius 3 is 2.63 bits per heavy atom. The van der Waals surface area contributed by atoms with Crippen molar-refractivity contribution in [2.45, 2.75) is 19.9 Å². The number of carbonyl (C=O) groups excluding carboxylic acids is 1. The lowest BCUT2D eigenvalue weighted by Gasteiger charge is -2.12. The summed E-state index contributed by atoms with van der Waals surface area (Å²) in [6, 6.07) is 11.3. The Bertz CT molecular complexity index is 752. The summed E-state index contributed by atoms with van der Waals surface area (Å²) in [7, 11) is 1.73. The highest BCUT2D eigenvalue weighted by Crippen LogP contribution is 2.06. The third kappa shape index (κ3) is 8.13. The third-order valence-electron chi connectivity index (χ3n) is 3.70. The number of pyridine rings is 1. The summed E-state index contributed by atoms with van der Waals surface area (Å²) in [5, 5.41) is 9.81. The van der Waals surface area contributed by atoms with Gasteiger partial charge in [0.05, 0.1) is 0 Å². The van der Waals surface area contributed by atoms with Crippen molar-refractivity contribution in [1.82, 2.24) is 20.9 Å². The molecule has 1 heterocycles. The highest BCUT2D eigenvalue weighted by molar-refractivity contribution is 14.0. The first kappa shape index (κ1) is 23.2. The van der Waals surface area contributed by atoms with Crippen LogP contribution in [0.4, 0.5) is 0 Å². The fourth-order valence-electron chi connectivity index (χ4n) is 2.37. The number of nitrogens with one attached hydrogen (secondary N) is 3. The van der Waals surface area contributed by atoms with Crippen LogP contribution < -0.4 is 16.0 Å². The number of hydrogen-bond acceptors (Lipinski definition) is 3. The average molecular weight is 502 g/mol. The van der Waals surface area contributed by atoms with Gasteiger partial charge in [-0.15, -0.1) is 24.0 Å². The number of hydrogen-bond donors (Lipinski definition) is 3. The SMILES string of the molecule is CCNC(=O)c1cccc(CNC(=NC)NCCc2ccc(Cl)nc2)c1.I. The van der Waals surface area contributed by atoms with Gasteiger partial charge in [-0.2, -0.15) is 0 Å². The fraction of sp³-hybridized carbons (Fsp3) is 0.316. The topological polar surface area (TPSA) is 78.4 Å². The van der Waals surface area contributed by atoms with Gasteiger partial charge >= 0.3 is 0 Å². The molecule has 146 valence electrons. The quantitative estimate of drug-likeness (QED) is 0.236. The molecule has 3 N–H and O–H groups in total. The van der Waals surface area contributed by atoms with E-state index in [0.717, 1.165) is 24.1 Å². The van der Waals surface area contributed by atoms with E-state index in [1.165, 1.54) is 0 Å². The van der Waals surface area contributed by atoms with Crippen LogP contribution in [0.1, 0.15) is 28.4 Å². The van der Waals surface area contributed by atoms with E-state index in [4.69, 9.17) is 11.6 Å². The molecule has 1 aromatic heterocycles. The maximum absolute atomic E-state index is 11.9. The Balaban J connectivity index is 0.00000364. The number of carbonyl (C=O) groups is 1. The predicted octanol–water partition coefficient (Wildman–Crippen LogP) is 3.01. The van der Waals surface area contributed by atoms with Crippen LogP contribution in [-0.2, 0) is 13.0 Å². The smallest absolute Gasteiger partial charge is 0.251 e. The summed E-state index contributed by atoms with van der Waals surface area (Å²) in [6.07, 6.45) is 2.59. The van der Waals surface area contributed by atoms with Crippen molar-refractivity contribution in [2.24, 2.45) is 4.99 Å². The lowest BCUT2D eigenvalue weighted by atomic mass is 10.1. The number of aliphatic imine (C=N–C) groups is 1. The summed E-state index contributed by atoms with van der Waals surface area (Å²) in [5.41, 5.74) is 2.77. The molecule has 2 aromatic rings. The van der Waals surface area contributed by atoms with Crippen molar-refractivity contribution >= 4 is 47.4 Å². The first-order valence-corrected chi connectivity index (χ1v) is 8.92. The lowest BCUT2D eigenvalue weighted by molar-refractivity contribution is 0.0955. The molecule has 27 heavy (non-hydrogen) atoms. The maximum Gasteiger partial charge on any atom is 0.251 e. The molecule has 0 atom stereocenters. The molecule has 0 unspecified atom stereocenters. The van der Waals surface area contributed by atoms with Gasteiger partial charge in [-0.05, 0) is 42.7 Å². The van der Waals surface area contributed by atoms with Crippen molar-refractivity contribution in [1.29, 1.82) is 0 Å². The number of halogens is 2. The molecule has 0 aliphatic rings. The molecule has 1 amide bonds. The second-order valence-electron chi connectivity index (χ2n) is 5.65. The zero-order valence-electron chi connectivity index (χ0n) is 15.5. The van der Waals surface area contributed by atoms with Gasteiger partial charge in [0.1, 0.15) is 5.15 Å². The van der Waals surface area contributed by atoms with E-state index in [0.29, 0.717) is 29.8 Å². The van der Waals surface area contributed by atoms with Crippen LogP contribution >= 0.6 is 35.6 Å². The van der Waals surface area contributed by atoms with Gasteiger partial charge in [-0.1, -0.05) is 29.8 Å². The standard InChI is InChI=1S/C19H24ClN5O.HI/c1-3-22-18(26)16-6-4-5-15(11-16)13-25-19(21-2)23-10-9-14-7-8-17(20)24-12-14;/h4-8,11-12H,3,9-10,13H2,1-2H3,(H,22,26)(H2,21,23,25);1H. The number of guanidine groups is 1. The van der Waals surface area contributed by atoms with Gasteiger partial charge in [-0.25, -0.2) is 4.98 Å². The zero-order chi connectivity index (χ0) is 18.8. The fourth-order valence-corrected chi connectivity index (χ4v) is 2.48. The van der Waals surface area contributed by atoms with Crippen LogP contribution in [-0.4, -0.2) is 37.0 Å². The molecule has 0 spiro atoms. The van der Waals surface area contributed by atoms with Crippen molar-refractivity contribution < 1.29 is 4.79 Å². The van der Waals surface area contributed by atoms with E-state index in [-0.39, 0.29) is 29.9 Å². The Morgan fingerprint density at radius 1 is 1.15 bits per heavy atom. The van der Waals surface area contributed by atoms with Crippen molar-refractivity contribution in [3.05, 3.63) is 64.4 Å². The minimum absolute atomic E-state index is 0. The van der Waals surface area contributed by atoms with Crippen LogP contribution in [0.25, 0.3) is 0 Å². The Labute approximate surface area is 182 Å². The molecule has 2 rings (SSSR count). The van der Waals surface area contributed by atoms with E-state index in [1.54, 1.807) is 19.3 Å². The van der Waals surface area contributed by atoms with E-state index in [9.17, 15) is 4.79 Å². The lowest BCUT2D eigenvalue weighted by Crippen LogP contribution is -2.37. The number of amides is 1. The summed E-state index contributed by atoms with van der Waals surface area (Å²) >= 11 is 5.79. The average Bonchev–Trinajstić information content (AvgIpc) is 2.66. The largest absolute Gasteiger partial charge is 0.356 e. The number of benzene rings is 1. The second-order valence-corrected chi connectivity index (χ2v) is 6.04. The molecule has 0 saturated heterocycles. The summed E-state index contributed by atoms with van der Waals surface area (Å²) in [6.45, 7) is 3.82. The van der Waals surface area contributed by atoms with Gasteiger partial charge in [0.15, 0.2) is 5.96 Å². The highest BCUT2D eigenvalue weighted by atomic mass is 127. The Morgan fingerprint density at radius 2 is 1.96 bits per heavy atom. The van der Waals surface area contributed by atoms with E-state index in [2.05, 4.69) is 25.9 Å². The van der Waals surface area contributed by atoms with Crippen LogP contribution in [0.3, 0.4) is 0 Å². The molecule has 0 aliphatic carbocycles. The van der Waals surface area contributed by atoms with Gasteiger partial charge in [-0.3, -0.25) is 9.79 Å². The Kier molecular flexibility index (Phi) is 10.7. The molecule has 0 bridgehead atoms. The van der Waals surface area contributed by atoms with Crippen LogP contribution in [0, 0.1) is 0 Å². The van der Waals surface area contributed by atoms with E-state index in [1.807, 2.05) is 37.3 Å². The molecule has 6 nitrogen and oxygen atoms in total. The zero-order valence-corrected chi connectivity index (χ0v) is 18.5. The van der Waals surface area contributed by atoms with Gasteiger partial charge in [0.25, 0.3) is 5.91 Å². The minimum Gasteiger partial charge on any atom is -0.356 e. The second kappa shape index (κ2) is 12.5. The van der Waals surface area contributed by atoms with E-state index >= 15 is 0 Å². The van der Waals surface area contributed by atoms with Gasteiger partial charge < -0.3 is 16.0 Å². The predicted molar refractivity (Wildman–Crippen MR) is 121 cm³/mol. The molecule has 0 fully saturated rings. The van der Waals surface area contributed by atoms with Crippen LogP contribution in [0.5, 0.6) is 0 Å². The minimum atomic E-state index is -0.0616. The highest BCUT2D eigenvalue weighted by Gasteiger charge is 2.05. The third-order valence-corrected chi connectivity index (χ3v) is 3.93. The number of nitrogens with zero attached hydrogens (tertiary/aromatic N) is 2. The molecular formula is C19H25ClIN5O. The first-order valence-electron chi connectivity index (χ1n) is 8.54. The van der Waals surface area contributed by atoms with Gasteiger partial charge in [0.2, 0.25) is 0 Å². The Hall–Kier alpha value is -1.87. The van der Waals surface area contributed by atoms with Crippen molar-refractivity contribution in [3.63, 3.8) is 0 Å². The van der Waals surface area contributed by atoms with Crippen molar-refractivity contribution in [3.8, 4) is 0 Å². The molecule has 1 aromatic carbocycles. The monoisotopic (exact) mass is 501 g/mol. The molecule has 0 saturated carbocycles. The molecule has 8 heteroatoms. The number of aromatic nitrogens is 1. The molecule has 0 aliphatic heterocycles. The van der Waals surface area contributed by atoms with E-state index < -0.39 is 0 Å². The maximum atomic E-state index is 11.9.